The van der Waals surface area contributed by atoms with Gasteiger partial charge in [-0.25, -0.2) is 12.7 Å². The summed E-state index contributed by atoms with van der Waals surface area (Å²) >= 11 is 12.1. The van der Waals surface area contributed by atoms with E-state index in [1.54, 1.807) is 25.3 Å². The Morgan fingerprint density at radius 3 is 2.32 bits per heavy atom. The highest BCUT2D eigenvalue weighted by Crippen LogP contribution is 2.28. The first-order valence-corrected chi connectivity index (χ1v) is 13.8. The second-order valence-corrected chi connectivity index (χ2v) is 11.9. The predicted octanol–water partition coefficient (Wildman–Crippen LogP) is 5.45. The molecule has 1 fully saturated rings. The van der Waals surface area contributed by atoms with Crippen LogP contribution in [-0.4, -0.2) is 38.8 Å². The first-order valence-electron chi connectivity index (χ1n) is 11.4. The molecule has 0 radical (unpaired) electrons. The van der Waals surface area contributed by atoms with Gasteiger partial charge in [0.25, 0.3) is 0 Å². The highest BCUT2D eigenvalue weighted by atomic mass is 35.5. The van der Waals surface area contributed by atoms with E-state index in [4.69, 9.17) is 27.9 Å². The molecule has 0 bridgehead atoms. The van der Waals surface area contributed by atoms with Crippen molar-refractivity contribution in [3.63, 3.8) is 0 Å². The number of nitrogens with zero attached hydrogens (tertiary/aromatic N) is 1. The van der Waals surface area contributed by atoms with Gasteiger partial charge >= 0.3 is 0 Å². The number of piperidine rings is 1. The van der Waals surface area contributed by atoms with Crippen LogP contribution >= 0.6 is 23.2 Å². The van der Waals surface area contributed by atoms with Crippen molar-refractivity contribution in [3.05, 3.63) is 63.6 Å². The van der Waals surface area contributed by atoms with Crippen LogP contribution in [0, 0.1) is 11.8 Å². The molecule has 0 aliphatic carbocycles. The maximum absolute atomic E-state index is 13.1. The Balaban J connectivity index is 1.60. The number of carbonyl (C=O) groups is 1. The molecule has 6 nitrogen and oxygen atoms in total. The van der Waals surface area contributed by atoms with Gasteiger partial charge in [-0.15, -0.1) is 0 Å². The number of sulfonamides is 1. The highest BCUT2D eigenvalue weighted by Gasteiger charge is 2.32. The third-order valence-corrected chi connectivity index (χ3v) is 8.53. The zero-order valence-electron chi connectivity index (χ0n) is 19.8. The molecule has 1 N–H and O–H groups in total. The van der Waals surface area contributed by atoms with Crippen molar-refractivity contribution in [2.45, 2.75) is 44.9 Å². The molecule has 1 heterocycles. The van der Waals surface area contributed by atoms with Gasteiger partial charge in [0, 0.05) is 29.1 Å². The molecule has 1 aliphatic heterocycles. The van der Waals surface area contributed by atoms with Gasteiger partial charge in [0.05, 0.1) is 18.9 Å². The second-order valence-electron chi connectivity index (χ2n) is 9.13. The van der Waals surface area contributed by atoms with Crippen molar-refractivity contribution in [1.29, 1.82) is 0 Å². The second kappa shape index (κ2) is 11.8. The minimum Gasteiger partial charge on any atom is -0.497 e. The number of hydrogen-bond donors (Lipinski definition) is 1. The lowest BCUT2D eigenvalue weighted by Crippen LogP contribution is -2.44. The third kappa shape index (κ3) is 7.11. The number of benzene rings is 2. The van der Waals surface area contributed by atoms with Crippen LogP contribution in [-0.2, 0) is 20.6 Å². The normalized spacial score (nSPS) is 16.4. The van der Waals surface area contributed by atoms with Crippen LogP contribution in [0.25, 0.3) is 0 Å². The summed E-state index contributed by atoms with van der Waals surface area (Å²) in [6.45, 7) is 4.87. The molecule has 1 saturated heterocycles. The Morgan fingerprint density at radius 2 is 1.76 bits per heavy atom. The van der Waals surface area contributed by atoms with Gasteiger partial charge in [-0.3, -0.25) is 4.79 Å². The number of rotatable bonds is 9. The van der Waals surface area contributed by atoms with Gasteiger partial charge in [-0.1, -0.05) is 55.2 Å². The summed E-state index contributed by atoms with van der Waals surface area (Å²) in [6.07, 6.45) is 1.78. The molecular weight excluding hydrogens is 495 g/mol. The first-order chi connectivity index (χ1) is 16.1. The van der Waals surface area contributed by atoms with E-state index >= 15 is 0 Å². The number of carbonyl (C=O) groups excluding carboxylic acids is 1. The Morgan fingerprint density at radius 1 is 1.12 bits per heavy atom. The Kier molecular flexibility index (Phi) is 9.27. The molecule has 9 heteroatoms. The van der Waals surface area contributed by atoms with Crippen LogP contribution in [0.2, 0.25) is 10.0 Å². The number of nitrogens with one attached hydrogen (secondary N) is 1. The molecular formula is C25H32Cl2N2O4S. The largest absolute Gasteiger partial charge is 0.497 e. The summed E-state index contributed by atoms with van der Waals surface area (Å²) in [5.74, 6) is 0.733. The molecule has 186 valence electrons. The summed E-state index contributed by atoms with van der Waals surface area (Å²) < 4.78 is 32.6. The van der Waals surface area contributed by atoms with Gasteiger partial charge in [0.1, 0.15) is 5.75 Å². The SMILES string of the molecule is COc1ccc([C@H](CC(C)C)NC(=O)C2CCN(S(=O)(=O)Cc3ccc(Cl)cc3Cl)CC2)cc1. The molecule has 0 aromatic heterocycles. The van der Waals surface area contributed by atoms with Gasteiger partial charge in [0.2, 0.25) is 15.9 Å². The monoisotopic (exact) mass is 526 g/mol. The van der Waals surface area contributed by atoms with Crippen LogP contribution in [0.1, 0.15) is 50.3 Å². The summed E-state index contributed by atoms with van der Waals surface area (Å²) in [4.78, 5) is 13.1. The third-order valence-electron chi connectivity index (χ3n) is 6.11. The summed E-state index contributed by atoms with van der Waals surface area (Å²) in [5, 5.41) is 4.00. The number of methoxy groups -OCH3 is 1. The average Bonchev–Trinajstić information content (AvgIpc) is 2.80. The molecule has 3 rings (SSSR count). The van der Waals surface area contributed by atoms with Crippen molar-refractivity contribution >= 4 is 39.1 Å². The minimum absolute atomic E-state index is 0.0285. The lowest BCUT2D eigenvalue weighted by Gasteiger charge is -2.32. The zero-order chi connectivity index (χ0) is 24.9. The van der Waals surface area contributed by atoms with Crippen molar-refractivity contribution in [3.8, 4) is 5.75 Å². The smallest absolute Gasteiger partial charge is 0.223 e. The summed E-state index contributed by atoms with van der Waals surface area (Å²) in [5.41, 5.74) is 1.55. The number of ether oxygens (including phenoxy) is 1. The van der Waals surface area contributed by atoms with E-state index in [1.807, 2.05) is 24.3 Å². The number of halogens is 2. The lowest BCUT2D eigenvalue weighted by atomic mass is 9.93. The van der Waals surface area contributed by atoms with Crippen molar-refractivity contribution in [2.75, 3.05) is 20.2 Å². The molecule has 1 atom stereocenters. The molecule has 34 heavy (non-hydrogen) atoms. The molecule has 2 aromatic rings. The van der Waals surface area contributed by atoms with Crippen LogP contribution in [0.3, 0.4) is 0 Å². The van der Waals surface area contributed by atoms with Crippen molar-refractivity contribution in [1.82, 2.24) is 9.62 Å². The van der Waals surface area contributed by atoms with Gasteiger partial charge < -0.3 is 10.1 Å². The fourth-order valence-electron chi connectivity index (χ4n) is 4.20. The predicted molar refractivity (Wildman–Crippen MR) is 137 cm³/mol. The molecule has 1 aliphatic rings. The highest BCUT2D eigenvalue weighted by molar-refractivity contribution is 7.88. The minimum atomic E-state index is -3.55. The zero-order valence-corrected chi connectivity index (χ0v) is 22.1. The first kappa shape index (κ1) is 26.8. The van der Waals surface area contributed by atoms with Gasteiger partial charge in [-0.2, -0.15) is 0 Å². The fourth-order valence-corrected chi connectivity index (χ4v) is 6.35. The quantitative estimate of drug-likeness (QED) is 0.471. The Bertz CT molecular complexity index is 1080. The fraction of sp³-hybridized carbons (Fsp3) is 0.480. The number of hydrogen-bond acceptors (Lipinski definition) is 4. The van der Waals surface area contributed by atoms with E-state index in [0.717, 1.165) is 17.7 Å². The Labute approximate surface area is 212 Å². The van der Waals surface area contributed by atoms with Gasteiger partial charge in [-0.05, 0) is 60.6 Å². The molecule has 2 aromatic carbocycles. The summed E-state index contributed by atoms with van der Waals surface area (Å²) in [6, 6.07) is 12.4. The maximum atomic E-state index is 13.1. The number of amides is 1. The van der Waals surface area contributed by atoms with Crippen LogP contribution < -0.4 is 10.1 Å². The molecule has 0 spiro atoms. The maximum Gasteiger partial charge on any atom is 0.223 e. The average molecular weight is 528 g/mol. The van der Waals surface area contributed by atoms with E-state index in [-0.39, 0.29) is 23.6 Å². The van der Waals surface area contributed by atoms with E-state index in [9.17, 15) is 13.2 Å². The summed E-state index contributed by atoms with van der Waals surface area (Å²) in [7, 11) is -1.92. The van der Waals surface area contributed by atoms with E-state index in [0.29, 0.717) is 47.5 Å². The molecule has 0 unspecified atom stereocenters. The van der Waals surface area contributed by atoms with Crippen molar-refractivity contribution in [2.24, 2.45) is 11.8 Å². The van der Waals surface area contributed by atoms with E-state index in [2.05, 4.69) is 19.2 Å². The lowest BCUT2D eigenvalue weighted by molar-refractivity contribution is -0.127. The van der Waals surface area contributed by atoms with Crippen LogP contribution in [0.4, 0.5) is 0 Å². The van der Waals surface area contributed by atoms with Crippen LogP contribution in [0.15, 0.2) is 42.5 Å². The van der Waals surface area contributed by atoms with E-state index in [1.165, 1.54) is 4.31 Å². The van der Waals surface area contributed by atoms with Crippen molar-refractivity contribution < 1.29 is 17.9 Å². The standard InChI is InChI=1S/C25H32Cl2N2O4S/c1-17(2)14-24(18-5-8-22(33-3)9-6-18)28-25(30)19-10-12-29(13-11-19)34(31,32)16-20-4-7-21(26)15-23(20)27/h4-9,15,17,19,24H,10-14,16H2,1-3H3,(H,28,30)/t24-/m0/s1. The van der Waals surface area contributed by atoms with Gasteiger partial charge in [0.15, 0.2) is 0 Å². The van der Waals surface area contributed by atoms with Crippen LogP contribution in [0.5, 0.6) is 5.75 Å². The topological polar surface area (TPSA) is 75.7 Å². The molecule has 1 amide bonds. The molecule has 0 saturated carbocycles. The van der Waals surface area contributed by atoms with E-state index < -0.39 is 10.0 Å². The Hall–Kier alpha value is -1.80.